The number of pyridine rings is 3. The lowest BCUT2D eigenvalue weighted by molar-refractivity contribution is 0.0886. The Morgan fingerprint density at radius 1 is 1.21 bits per heavy atom. The van der Waals surface area contributed by atoms with E-state index in [1.807, 2.05) is 37.3 Å². The molecule has 2 aliphatic heterocycles. The molecule has 1 fully saturated rings. The largest absolute Gasteiger partial charge is 0.394 e. The molecular weight excluding hydrogens is 432 g/mol. The molecule has 9 nitrogen and oxygen atoms in total. The monoisotopic (exact) mass is 460 g/mol. The molecule has 2 unspecified atom stereocenters. The first-order chi connectivity index (χ1) is 16.5. The second-order valence-electron chi connectivity index (χ2n) is 8.84. The average molecular weight is 461 g/mol. The Bertz CT molecular complexity index is 1200. The Morgan fingerprint density at radius 3 is 2.88 bits per heavy atom. The van der Waals surface area contributed by atoms with E-state index in [9.17, 15) is 9.90 Å². The maximum Gasteiger partial charge on any atom is 0.329 e. The number of rotatable bonds is 6. The van der Waals surface area contributed by atoms with Crippen molar-refractivity contribution in [3.05, 3.63) is 60.0 Å². The Kier molecular flexibility index (Phi) is 6.12. The third-order valence-electron chi connectivity index (χ3n) is 6.40. The van der Waals surface area contributed by atoms with Crippen LogP contribution in [0.25, 0.3) is 11.3 Å². The molecule has 9 heteroatoms. The van der Waals surface area contributed by atoms with E-state index >= 15 is 0 Å². The molecule has 3 aromatic heterocycles. The fraction of sp³-hybridized carbons (Fsp3) is 0.360. The van der Waals surface area contributed by atoms with E-state index in [4.69, 9.17) is 10.1 Å². The predicted octanol–water partition coefficient (Wildman–Crippen LogP) is 2.76. The van der Waals surface area contributed by atoms with E-state index in [0.717, 1.165) is 47.7 Å². The summed E-state index contributed by atoms with van der Waals surface area (Å²) in [6, 6.07) is 11.4. The molecule has 5 heterocycles. The Balaban J connectivity index is 1.41. The summed E-state index contributed by atoms with van der Waals surface area (Å²) < 4.78 is 0. The predicted molar refractivity (Wildman–Crippen MR) is 130 cm³/mol. The molecular formula is C25H28N6O3. The summed E-state index contributed by atoms with van der Waals surface area (Å²) in [5.74, 6) is 1.10. The van der Waals surface area contributed by atoms with E-state index in [2.05, 4.69) is 20.2 Å². The first-order valence-electron chi connectivity index (χ1n) is 11.5. The van der Waals surface area contributed by atoms with Gasteiger partial charge in [-0.1, -0.05) is 0 Å². The SMILES string of the molecule is Cc1cc(-c2ccc3c(n2)N(C(=O)Nc2cc(CCC(O)CO)ccn2)C2CCN3C2)ccn1. The van der Waals surface area contributed by atoms with Gasteiger partial charge in [0, 0.05) is 36.7 Å². The van der Waals surface area contributed by atoms with Crippen molar-refractivity contribution in [3.8, 4) is 11.3 Å². The van der Waals surface area contributed by atoms with Crippen LogP contribution in [0, 0.1) is 6.92 Å². The summed E-state index contributed by atoms with van der Waals surface area (Å²) in [5.41, 5.74) is 4.55. The van der Waals surface area contributed by atoms with Crippen LogP contribution in [0.4, 0.5) is 22.1 Å². The van der Waals surface area contributed by atoms with Gasteiger partial charge in [0.2, 0.25) is 0 Å². The second kappa shape index (κ2) is 9.36. The highest BCUT2D eigenvalue weighted by molar-refractivity contribution is 6.04. The van der Waals surface area contributed by atoms with Crippen LogP contribution in [0.3, 0.4) is 0 Å². The number of carbonyl (C=O) groups excluding carboxylic acids is 1. The van der Waals surface area contributed by atoms with Crippen molar-refractivity contribution < 1.29 is 15.0 Å². The number of nitrogens with zero attached hydrogens (tertiary/aromatic N) is 5. The molecule has 5 rings (SSSR count). The molecule has 0 saturated carbocycles. The summed E-state index contributed by atoms with van der Waals surface area (Å²) in [6.07, 6.45) is 4.53. The minimum atomic E-state index is -0.758. The van der Waals surface area contributed by atoms with Gasteiger partial charge in [-0.25, -0.2) is 14.8 Å². The van der Waals surface area contributed by atoms with Crippen LogP contribution >= 0.6 is 0 Å². The molecule has 3 N–H and O–H groups in total. The van der Waals surface area contributed by atoms with Gasteiger partial charge in [0.25, 0.3) is 0 Å². The molecule has 3 aromatic rings. The Labute approximate surface area is 198 Å². The van der Waals surface area contributed by atoms with Gasteiger partial charge in [-0.05, 0) is 68.1 Å². The molecule has 34 heavy (non-hydrogen) atoms. The van der Waals surface area contributed by atoms with Crippen molar-refractivity contribution >= 4 is 23.4 Å². The minimum absolute atomic E-state index is 0.0392. The van der Waals surface area contributed by atoms with Crippen molar-refractivity contribution in [1.82, 2.24) is 15.0 Å². The zero-order valence-corrected chi connectivity index (χ0v) is 19.1. The maximum atomic E-state index is 13.5. The molecule has 0 spiro atoms. The zero-order chi connectivity index (χ0) is 23.7. The van der Waals surface area contributed by atoms with Crippen LogP contribution in [0.15, 0.2) is 48.8 Å². The first-order valence-corrected chi connectivity index (χ1v) is 11.5. The van der Waals surface area contributed by atoms with Gasteiger partial charge in [-0.3, -0.25) is 15.2 Å². The summed E-state index contributed by atoms with van der Waals surface area (Å²) >= 11 is 0. The fourth-order valence-electron chi connectivity index (χ4n) is 4.63. The number of anilines is 3. The van der Waals surface area contributed by atoms with Crippen LogP contribution in [0.1, 0.15) is 24.1 Å². The van der Waals surface area contributed by atoms with E-state index in [1.165, 1.54) is 0 Å². The lowest BCUT2D eigenvalue weighted by atomic mass is 10.1. The van der Waals surface area contributed by atoms with E-state index in [1.54, 1.807) is 23.4 Å². The summed E-state index contributed by atoms with van der Waals surface area (Å²) in [7, 11) is 0. The van der Waals surface area contributed by atoms with Gasteiger partial charge >= 0.3 is 6.03 Å². The number of carbonyl (C=O) groups is 1. The number of aliphatic hydroxyl groups is 2. The fourth-order valence-corrected chi connectivity index (χ4v) is 4.63. The van der Waals surface area contributed by atoms with Crippen molar-refractivity contribution in [2.24, 2.45) is 0 Å². The van der Waals surface area contributed by atoms with E-state index in [-0.39, 0.29) is 18.7 Å². The number of aliphatic hydroxyl groups excluding tert-OH is 2. The zero-order valence-electron chi connectivity index (χ0n) is 19.1. The average Bonchev–Trinajstić information content (AvgIpc) is 3.26. The van der Waals surface area contributed by atoms with Crippen LogP contribution in [0.2, 0.25) is 0 Å². The van der Waals surface area contributed by atoms with Crippen molar-refractivity contribution in [1.29, 1.82) is 0 Å². The normalized spacial score (nSPS) is 17.4. The smallest absolute Gasteiger partial charge is 0.329 e. The topological polar surface area (TPSA) is 115 Å². The molecule has 2 bridgehead atoms. The number of amides is 2. The molecule has 2 atom stereocenters. The molecule has 0 aliphatic carbocycles. The third kappa shape index (κ3) is 4.44. The highest BCUT2D eigenvalue weighted by Crippen LogP contribution is 2.40. The number of nitrogens with one attached hydrogen (secondary N) is 1. The number of aryl methyl sites for hydroxylation is 2. The first kappa shape index (κ1) is 22.2. The van der Waals surface area contributed by atoms with Crippen LogP contribution in [0.5, 0.6) is 0 Å². The molecule has 0 aromatic carbocycles. The summed E-state index contributed by atoms with van der Waals surface area (Å²) in [4.78, 5) is 31.0. The quantitative estimate of drug-likeness (QED) is 0.518. The van der Waals surface area contributed by atoms with Crippen molar-refractivity contribution in [3.63, 3.8) is 0 Å². The second-order valence-corrected chi connectivity index (χ2v) is 8.84. The van der Waals surface area contributed by atoms with Gasteiger partial charge in [-0.2, -0.15) is 0 Å². The summed E-state index contributed by atoms with van der Waals surface area (Å²) in [5, 5.41) is 21.6. The number of aromatic nitrogens is 3. The van der Waals surface area contributed by atoms with E-state index < -0.39 is 6.10 Å². The molecule has 2 amide bonds. The van der Waals surface area contributed by atoms with Gasteiger partial charge in [-0.15, -0.1) is 0 Å². The highest BCUT2D eigenvalue weighted by atomic mass is 16.3. The minimum Gasteiger partial charge on any atom is -0.394 e. The lowest BCUT2D eigenvalue weighted by Crippen LogP contribution is -2.48. The Hall–Kier alpha value is -3.56. The van der Waals surface area contributed by atoms with Crippen LogP contribution in [-0.4, -0.2) is 63.0 Å². The number of hydrogen-bond donors (Lipinski definition) is 3. The standard InChI is InChI=1S/C25H28N6O3/c1-16-12-18(7-10-26-16)21-4-5-22-24(28-21)31(19-8-11-30(22)14-19)25(34)29-23-13-17(6-9-27-23)2-3-20(33)15-32/h4-7,9-10,12-13,19-20,32-33H,2-3,8,11,14-15H2,1H3,(H,27,29,34). The number of fused-ring (bicyclic) bond motifs is 4. The molecule has 2 aliphatic rings. The van der Waals surface area contributed by atoms with Gasteiger partial charge in [0.05, 0.1) is 30.1 Å². The molecule has 176 valence electrons. The maximum absolute atomic E-state index is 13.5. The van der Waals surface area contributed by atoms with E-state index in [0.29, 0.717) is 24.5 Å². The van der Waals surface area contributed by atoms with Crippen LogP contribution in [-0.2, 0) is 6.42 Å². The molecule has 0 radical (unpaired) electrons. The third-order valence-corrected chi connectivity index (χ3v) is 6.40. The molecule has 1 saturated heterocycles. The lowest BCUT2D eigenvalue weighted by Gasteiger charge is -2.35. The van der Waals surface area contributed by atoms with Crippen molar-refractivity contribution in [2.75, 3.05) is 34.8 Å². The van der Waals surface area contributed by atoms with Crippen LogP contribution < -0.4 is 15.1 Å². The van der Waals surface area contributed by atoms with Gasteiger partial charge in [0.1, 0.15) is 5.82 Å². The number of hydrogen-bond acceptors (Lipinski definition) is 7. The summed E-state index contributed by atoms with van der Waals surface area (Å²) in [6.45, 7) is 3.34. The number of urea groups is 1. The van der Waals surface area contributed by atoms with Gasteiger partial charge < -0.3 is 15.1 Å². The highest BCUT2D eigenvalue weighted by Gasteiger charge is 2.40. The van der Waals surface area contributed by atoms with Crippen molar-refractivity contribution in [2.45, 2.75) is 38.3 Å². The van der Waals surface area contributed by atoms with Gasteiger partial charge in [0.15, 0.2) is 5.82 Å². The Morgan fingerprint density at radius 2 is 2.06 bits per heavy atom.